The number of Topliss-reactive ketones (excluding diaryl/α,β-unsaturated/α-hetero) is 1. The second-order valence-electron chi connectivity index (χ2n) is 4.47. The maximum absolute atomic E-state index is 12.1. The fraction of sp³-hybridized carbons (Fsp3) is 0.267. The van der Waals surface area contributed by atoms with Crippen molar-refractivity contribution in [2.24, 2.45) is 0 Å². The van der Waals surface area contributed by atoms with Gasteiger partial charge in [0.05, 0.1) is 11.6 Å². The predicted molar refractivity (Wildman–Crippen MR) is 81.3 cm³/mol. The fourth-order valence-electron chi connectivity index (χ4n) is 1.85. The summed E-state index contributed by atoms with van der Waals surface area (Å²) in [6.45, 7) is 1.27. The van der Waals surface area contributed by atoms with Crippen LogP contribution >= 0.6 is 22.9 Å². The molecule has 1 aromatic carbocycles. The highest BCUT2D eigenvalue weighted by Crippen LogP contribution is 2.16. The van der Waals surface area contributed by atoms with Crippen LogP contribution in [0.15, 0.2) is 41.8 Å². The Morgan fingerprint density at radius 1 is 1.26 bits per heavy atom. The topological polar surface area (TPSA) is 20.3 Å². The lowest BCUT2D eigenvalue weighted by atomic mass is 10.1. The minimum absolute atomic E-state index is 0.0688. The summed E-state index contributed by atoms with van der Waals surface area (Å²) >= 11 is 7.77. The second kappa shape index (κ2) is 6.85. The molecule has 0 unspecified atom stereocenters. The van der Waals surface area contributed by atoms with E-state index in [4.69, 9.17) is 11.6 Å². The SMILES string of the molecule is CN(CCc1cccs1)CC(=O)c1ccccc1Cl. The number of hydrogen-bond donors (Lipinski definition) is 0. The van der Waals surface area contributed by atoms with Gasteiger partial charge < -0.3 is 0 Å². The Hall–Kier alpha value is -1.16. The van der Waals surface area contributed by atoms with Gasteiger partial charge in [0, 0.05) is 17.0 Å². The Balaban J connectivity index is 1.87. The largest absolute Gasteiger partial charge is 0.299 e. The van der Waals surface area contributed by atoms with E-state index in [1.54, 1.807) is 23.5 Å². The van der Waals surface area contributed by atoms with Gasteiger partial charge in [0.2, 0.25) is 0 Å². The van der Waals surface area contributed by atoms with Crippen LogP contribution in [0.2, 0.25) is 5.02 Å². The molecule has 2 nitrogen and oxygen atoms in total. The van der Waals surface area contributed by atoms with Gasteiger partial charge in [0.25, 0.3) is 0 Å². The summed E-state index contributed by atoms with van der Waals surface area (Å²) in [7, 11) is 1.96. The smallest absolute Gasteiger partial charge is 0.178 e. The number of ketones is 1. The molecular formula is C15H16ClNOS. The molecule has 0 spiro atoms. The minimum Gasteiger partial charge on any atom is -0.299 e. The fourth-order valence-corrected chi connectivity index (χ4v) is 2.79. The highest BCUT2D eigenvalue weighted by atomic mass is 35.5. The molecule has 0 fully saturated rings. The summed E-state index contributed by atoms with van der Waals surface area (Å²) in [5, 5.41) is 2.60. The third-order valence-corrected chi connectivity index (χ3v) is 4.17. The lowest BCUT2D eigenvalue weighted by Crippen LogP contribution is -2.28. The van der Waals surface area contributed by atoms with E-state index < -0.39 is 0 Å². The Bertz CT molecular complexity index is 539. The summed E-state index contributed by atoms with van der Waals surface area (Å²) in [5.41, 5.74) is 0.604. The average molecular weight is 294 g/mol. The van der Waals surface area contributed by atoms with Crippen LogP contribution in [0.1, 0.15) is 15.2 Å². The van der Waals surface area contributed by atoms with Crippen molar-refractivity contribution >= 4 is 28.7 Å². The number of likely N-dealkylation sites (N-methyl/N-ethyl adjacent to an activating group) is 1. The van der Waals surface area contributed by atoms with E-state index in [-0.39, 0.29) is 5.78 Å². The van der Waals surface area contributed by atoms with Crippen LogP contribution in [0.25, 0.3) is 0 Å². The number of carbonyl (C=O) groups excluding carboxylic acids is 1. The highest BCUT2D eigenvalue weighted by molar-refractivity contribution is 7.09. The summed E-state index contributed by atoms with van der Waals surface area (Å²) in [6, 6.07) is 11.4. The molecule has 4 heteroatoms. The maximum Gasteiger partial charge on any atom is 0.178 e. The van der Waals surface area contributed by atoms with Gasteiger partial charge in [0.15, 0.2) is 5.78 Å². The van der Waals surface area contributed by atoms with Crippen LogP contribution in [0.4, 0.5) is 0 Å². The molecule has 0 aliphatic heterocycles. The molecule has 0 aliphatic carbocycles. The molecule has 1 aromatic heterocycles. The van der Waals surface area contributed by atoms with Gasteiger partial charge >= 0.3 is 0 Å². The quantitative estimate of drug-likeness (QED) is 0.756. The average Bonchev–Trinajstić information content (AvgIpc) is 2.90. The van der Waals surface area contributed by atoms with E-state index in [0.717, 1.165) is 13.0 Å². The highest BCUT2D eigenvalue weighted by Gasteiger charge is 2.12. The van der Waals surface area contributed by atoms with Crippen molar-refractivity contribution in [3.05, 3.63) is 57.2 Å². The molecule has 0 aliphatic rings. The summed E-state index contributed by atoms with van der Waals surface area (Å²) in [4.78, 5) is 15.5. The summed E-state index contributed by atoms with van der Waals surface area (Å²) in [5.74, 6) is 0.0688. The van der Waals surface area contributed by atoms with Crippen LogP contribution < -0.4 is 0 Å². The van der Waals surface area contributed by atoms with Crippen LogP contribution in [0.3, 0.4) is 0 Å². The number of hydrogen-bond acceptors (Lipinski definition) is 3. The maximum atomic E-state index is 12.1. The zero-order chi connectivity index (χ0) is 13.7. The first-order chi connectivity index (χ1) is 9.16. The number of thiophene rings is 1. The van der Waals surface area contributed by atoms with E-state index in [2.05, 4.69) is 17.5 Å². The van der Waals surface area contributed by atoms with Crippen LogP contribution in [-0.2, 0) is 6.42 Å². The number of rotatable bonds is 6. The number of benzene rings is 1. The van der Waals surface area contributed by atoms with E-state index in [1.165, 1.54) is 4.88 Å². The predicted octanol–water partition coefficient (Wildman–Crippen LogP) is 3.76. The monoisotopic (exact) mass is 293 g/mol. The molecule has 0 saturated carbocycles. The van der Waals surface area contributed by atoms with Crippen molar-refractivity contribution in [2.45, 2.75) is 6.42 Å². The lowest BCUT2D eigenvalue weighted by molar-refractivity contribution is 0.0947. The first kappa shape index (κ1) is 14.3. The van der Waals surface area contributed by atoms with Crippen molar-refractivity contribution < 1.29 is 4.79 Å². The zero-order valence-corrected chi connectivity index (χ0v) is 12.4. The van der Waals surface area contributed by atoms with E-state index in [9.17, 15) is 4.79 Å². The zero-order valence-electron chi connectivity index (χ0n) is 10.8. The summed E-state index contributed by atoms with van der Waals surface area (Å²) < 4.78 is 0. The standard InChI is InChI=1S/C15H16ClNOS/c1-17(9-8-12-5-4-10-19-12)11-15(18)13-6-2-3-7-14(13)16/h2-7,10H,8-9,11H2,1H3. The van der Waals surface area contributed by atoms with Crippen molar-refractivity contribution in [3.63, 3.8) is 0 Å². The van der Waals surface area contributed by atoms with Crippen molar-refractivity contribution in [2.75, 3.05) is 20.1 Å². The molecule has 0 bridgehead atoms. The van der Waals surface area contributed by atoms with Crippen LogP contribution in [0, 0.1) is 0 Å². The van der Waals surface area contributed by atoms with Crippen molar-refractivity contribution in [1.29, 1.82) is 0 Å². The molecule has 0 atom stereocenters. The van der Waals surface area contributed by atoms with Gasteiger partial charge in [-0.05, 0) is 37.0 Å². The Kier molecular flexibility index (Phi) is 5.14. The van der Waals surface area contributed by atoms with Gasteiger partial charge in [-0.1, -0.05) is 29.8 Å². The lowest BCUT2D eigenvalue weighted by Gasteiger charge is -2.15. The molecule has 0 radical (unpaired) electrons. The van der Waals surface area contributed by atoms with E-state index >= 15 is 0 Å². The molecular weight excluding hydrogens is 278 g/mol. The molecule has 0 saturated heterocycles. The number of halogens is 1. The van der Waals surface area contributed by atoms with E-state index in [0.29, 0.717) is 17.1 Å². The van der Waals surface area contributed by atoms with Crippen molar-refractivity contribution in [1.82, 2.24) is 4.90 Å². The van der Waals surface area contributed by atoms with Gasteiger partial charge in [0.1, 0.15) is 0 Å². The summed E-state index contributed by atoms with van der Waals surface area (Å²) in [6.07, 6.45) is 0.976. The van der Waals surface area contributed by atoms with Gasteiger partial charge in [-0.15, -0.1) is 11.3 Å². The van der Waals surface area contributed by atoms with Gasteiger partial charge in [-0.3, -0.25) is 9.69 Å². The molecule has 100 valence electrons. The first-order valence-electron chi connectivity index (χ1n) is 6.15. The molecule has 19 heavy (non-hydrogen) atoms. The minimum atomic E-state index is 0.0688. The molecule has 2 rings (SSSR count). The van der Waals surface area contributed by atoms with Crippen LogP contribution in [-0.4, -0.2) is 30.8 Å². The molecule has 2 aromatic rings. The Morgan fingerprint density at radius 2 is 2.05 bits per heavy atom. The second-order valence-corrected chi connectivity index (χ2v) is 5.91. The van der Waals surface area contributed by atoms with Gasteiger partial charge in [-0.2, -0.15) is 0 Å². The third-order valence-electron chi connectivity index (χ3n) is 2.91. The third kappa shape index (κ3) is 4.16. The van der Waals surface area contributed by atoms with Crippen LogP contribution in [0.5, 0.6) is 0 Å². The van der Waals surface area contributed by atoms with Crippen molar-refractivity contribution in [3.8, 4) is 0 Å². The Labute approximate surface area is 122 Å². The number of nitrogens with zero attached hydrogens (tertiary/aromatic N) is 1. The Morgan fingerprint density at radius 3 is 2.74 bits per heavy atom. The van der Waals surface area contributed by atoms with E-state index in [1.807, 2.05) is 24.1 Å². The normalized spacial score (nSPS) is 10.9. The first-order valence-corrected chi connectivity index (χ1v) is 7.41. The molecule has 0 amide bonds. The number of carbonyl (C=O) groups is 1. The molecule has 1 heterocycles. The van der Waals surface area contributed by atoms with Gasteiger partial charge in [-0.25, -0.2) is 0 Å². The molecule has 0 N–H and O–H groups in total.